The summed E-state index contributed by atoms with van der Waals surface area (Å²) in [7, 11) is 0. The van der Waals surface area contributed by atoms with Gasteiger partial charge in [-0.1, -0.05) is 12.1 Å². The second-order valence-electron chi connectivity index (χ2n) is 9.68. The number of anilines is 2. The molecule has 0 aromatic heterocycles. The molecule has 4 nitrogen and oxygen atoms in total. The number of hydrogen-bond donors (Lipinski definition) is 3. The number of alkyl halides is 3. The van der Waals surface area contributed by atoms with E-state index in [9.17, 15) is 18.3 Å². The summed E-state index contributed by atoms with van der Waals surface area (Å²) in [5.41, 5.74) is 5.87. The van der Waals surface area contributed by atoms with Gasteiger partial charge in [-0.2, -0.15) is 13.2 Å². The quantitative estimate of drug-likeness (QED) is 0.690. The van der Waals surface area contributed by atoms with Crippen molar-refractivity contribution in [3.8, 4) is 0 Å². The van der Waals surface area contributed by atoms with Gasteiger partial charge in [0.15, 0.2) is 5.60 Å². The predicted octanol–water partition coefficient (Wildman–Crippen LogP) is 4.42. The topological polar surface area (TPSA) is 61.5 Å². The van der Waals surface area contributed by atoms with Crippen LogP contribution >= 0.6 is 0 Å². The van der Waals surface area contributed by atoms with Crippen molar-refractivity contribution in [3.05, 3.63) is 36.4 Å². The Labute approximate surface area is 174 Å². The van der Waals surface area contributed by atoms with Crippen molar-refractivity contribution in [3.63, 3.8) is 0 Å². The first-order chi connectivity index (χ1) is 14.1. The summed E-state index contributed by atoms with van der Waals surface area (Å²) in [6.45, 7) is 0.377. The van der Waals surface area contributed by atoms with Crippen LogP contribution in [0.5, 0.6) is 0 Å². The van der Waals surface area contributed by atoms with Gasteiger partial charge in [-0.25, -0.2) is 0 Å². The Morgan fingerprint density at radius 3 is 2.23 bits per heavy atom. The fourth-order valence-corrected chi connectivity index (χ4v) is 5.65. The maximum Gasteiger partial charge on any atom is 0.417 e. The fourth-order valence-electron chi connectivity index (χ4n) is 5.65. The molecule has 2 aromatic carbocycles. The zero-order chi connectivity index (χ0) is 21.1. The van der Waals surface area contributed by atoms with Gasteiger partial charge in [0.1, 0.15) is 0 Å². The van der Waals surface area contributed by atoms with Gasteiger partial charge in [0.05, 0.1) is 0 Å². The summed E-state index contributed by atoms with van der Waals surface area (Å²) in [4.78, 5) is 1.92. The average molecular weight is 419 g/mol. The Balaban J connectivity index is 1.23. The molecule has 2 saturated carbocycles. The maximum atomic E-state index is 13.0. The minimum atomic E-state index is -4.57. The van der Waals surface area contributed by atoms with Crippen molar-refractivity contribution in [1.29, 1.82) is 0 Å². The molecular formula is C23H28F3N3O. The monoisotopic (exact) mass is 419 g/mol. The summed E-state index contributed by atoms with van der Waals surface area (Å²) in [5, 5.41) is 15.7. The van der Waals surface area contributed by atoms with E-state index in [1.807, 2.05) is 23.1 Å². The summed E-state index contributed by atoms with van der Waals surface area (Å²) >= 11 is 0. The Morgan fingerprint density at radius 2 is 1.60 bits per heavy atom. The lowest BCUT2D eigenvalue weighted by molar-refractivity contribution is -0.266. The van der Waals surface area contributed by atoms with Crippen LogP contribution in [0.3, 0.4) is 0 Å². The molecule has 3 aliphatic rings. The van der Waals surface area contributed by atoms with E-state index in [4.69, 9.17) is 5.73 Å². The van der Waals surface area contributed by atoms with E-state index >= 15 is 0 Å². The smallest absolute Gasteiger partial charge is 0.382 e. The number of rotatable bonds is 3. The van der Waals surface area contributed by atoms with Gasteiger partial charge in [0.2, 0.25) is 0 Å². The number of aliphatic hydroxyl groups is 1. The molecule has 3 fully saturated rings. The summed E-state index contributed by atoms with van der Waals surface area (Å²) in [6.07, 6.45) is -0.480. The molecule has 7 heteroatoms. The Hall–Kier alpha value is -1.99. The average Bonchev–Trinajstić information content (AvgIpc) is 2.64. The molecule has 5 rings (SSSR count). The molecule has 1 saturated heterocycles. The molecule has 0 amide bonds. The van der Waals surface area contributed by atoms with Gasteiger partial charge in [-0.05, 0) is 66.1 Å². The second kappa shape index (κ2) is 6.76. The van der Waals surface area contributed by atoms with Crippen molar-refractivity contribution >= 4 is 22.1 Å². The standard InChI is InChI=1S/C23H28F3N3O/c24-23(25,26)22(30)5-7-29(8-6-22)20-4-2-15-9-18(3-1-16(15)10-20)28-19-13-21(14-19)11-17(27)12-21/h1-4,9-10,17,19,28,30H,5-8,11-14,27H2. The summed E-state index contributed by atoms with van der Waals surface area (Å²) in [6, 6.07) is 13.2. The van der Waals surface area contributed by atoms with Gasteiger partial charge >= 0.3 is 6.18 Å². The molecule has 2 aliphatic carbocycles. The highest BCUT2D eigenvalue weighted by Crippen LogP contribution is 2.55. The molecule has 162 valence electrons. The third-order valence-corrected chi connectivity index (χ3v) is 7.43. The van der Waals surface area contributed by atoms with Crippen LogP contribution < -0.4 is 16.0 Å². The van der Waals surface area contributed by atoms with E-state index in [1.54, 1.807) is 0 Å². The van der Waals surface area contributed by atoms with Crippen molar-refractivity contribution in [1.82, 2.24) is 0 Å². The largest absolute Gasteiger partial charge is 0.417 e. The van der Waals surface area contributed by atoms with Crippen LogP contribution in [0.4, 0.5) is 24.5 Å². The first kappa shape index (κ1) is 19.9. The lowest BCUT2D eigenvalue weighted by atomic mass is 9.52. The zero-order valence-electron chi connectivity index (χ0n) is 16.9. The third-order valence-electron chi connectivity index (χ3n) is 7.43. The van der Waals surface area contributed by atoms with Gasteiger partial charge in [0.25, 0.3) is 0 Å². The van der Waals surface area contributed by atoms with Crippen molar-refractivity contribution in [2.75, 3.05) is 23.3 Å². The highest BCUT2D eigenvalue weighted by Gasteiger charge is 2.54. The summed E-state index contributed by atoms with van der Waals surface area (Å²) in [5.74, 6) is 0. The zero-order valence-corrected chi connectivity index (χ0v) is 16.9. The Kier molecular flexibility index (Phi) is 4.49. The number of benzene rings is 2. The molecule has 0 bridgehead atoms. The van der Waals surface area contributed by atoms with E-state index in [0.29, 0.717) is 17.5 Å². The van der Waals surface area contributed by atoms with Crippen molar-refractivity contribution < 1.29 is 18.3 Å². The first-order valence-electron chi connectivity index (χ1n) is 10.7. The van der Waals surface area contributed by atoms with Gasteiger partial charge in [-0.3, -0.25) is 0 Å². The Morgan fingerprint density at radius 1 is 0.967 bits per heavy atom. The van der Waals surface area contributed by atoms with Crippen LogP contribution in [0.2, 0.25) is 0 Å². The van der Waals surface area contributed by atoms with Crippen LogP contribution in [0.25, 0.3) is 10.8 Å². The highest BCUT2D eigenvalue weighted by atomic mass is 19.4. The highest BCUT2D eigenvalue weighted by molar-refractivity contribution is 5.88. The molecule has 0 radical (unpaired) electrons. The van der Waals surface area contributed by atoms with Gasteiger partial charge < -0.3 is 21.1 Å². The lowest BCUT2D eigenvalue weighted by Crippen LogP contribution is -2.57. The normalized spacial score (nSPS) is 30.8. The van der Waals surface area contributed by atoms with Gasteiger partial charge in [-0.15, -0.1) is 0 Å². The molecule has 2 aromatic rings. The van der Waals surface area contributed by atoms with Crippen LogP contribution in [-0.4, -0.2) is 42.1 Å². The molecular weight excluding hydrogens is 391 g/mol. The van der Waals surface area contributed by atoms with Gasteiger partial charge in [0, 0.05) is 49.4 Å². The molecule has 0 atom stereocenters. The first-order valence-corrected chi connectivity index (χ1v) is 10.7. The molecule has 30 heavy (non-hydrogen) atoms. The van der Waals surface area contributed by atoms with Crippen LogP contribution in [0.1, 0.15) is 38.5 Å². The molecule has 1 heterocycles. The predicted molar refractivity (Wildman–Crippen MR) is 113 cm³/mol. The molecule has 0 unspecified atom stereocenters. The minimum absolute atomic E-state index is 0.189. The van der Waals surface area contributed by atoms with Crippen LogP contribution in [0, 0.1) is 5.41 Å². The number of fused-ring (bicyclic) bond motifs is 1. The maximum absolute atomic E-state index is 13.0. The number of nitrogens with two attached hydrogens (primary N) is 1. The second-order valence-corrected chi connectivity index (χ2v) is 9.68. The molecule has 1 spiro atoms. The van der Waals surface area contributed by atoms with Crippen molar-refractivity contribution in [2.24, 2.45) is 11.1 Å². The number of hydrogen-bond acceptors (Lipinski definition) is 4. The number of nitrogens with one attached hydrogen (secondary N) is 1. The van der Waals surface area contributed by atoms with E-state index in [0.717, 1.165) is 35.0 Å². The third kappa shape index (κ3) is 3.42. The number of piperidine rings is 1. The lowest BCUT2D eigenvalue weighted by Gasteiger charge is -2.57. The van der Waals surface area contributed by atoms with Crippen LogP contribution in [0.15, 0.2) is 36.4 Å². The molecule has 1 aliphatic heterocycles. The number of halogens is 3. The fraction of sp³-hybridized carbons (Fsp3) is 0.565. The SMILES string of the molecule is NC1CC2(C1)CC(Nc1ccc3cc(N4CCC(O)(C(F)(F)F)CC4)ccc3c1)C2. The van der Waals surface area contributed by atoms with E-state index in [-0.39, 0.29) is 25.9 Å². The Bertz CT molecular complexity index is 938. The van der Waals surface area contributed by atoms with Crippen molar-refractivity contribution in [2.45, 2.75) is 62.4 Å². The molecule has 4 N–H and O–H groups in total. The van der Waals surface area contributed by atoms with E-state index in [2.05, 4.69) is 23.5 Å². The summed E-state index contributed by atoms with van der Waals surface area (Å²) < 4.78 is 39.1. The number of nitrogens with zero attached hydrogens (tertiary/aromatic N) is 1. The van der Waals surface area contributed by atoms with E-state index in [1.165, 1.54) is 12.8 Å². The van der Waals surface area contributed by atoms with E-state index < -0.39 is 11.8 Å². The minimum Gasteiger partial charge on any atom is -0.382 e. The van der Waals surface area contributed by atoms with Crippen LogP contribution in [-0.2, 0) is 0 Å².